The number of alkyl halides is 3. The van der Waals surface area contributed by atoms with E-state index >= 15 is 0 Å². The zero-order valence-electron chi connectivity index (χ0n) is 25.7. The van der Waals surface area contributed by atoms with Crippen LogP contribution in [0.5, 0.6) is 5.88 Å². The molecular weight excluding hydrogens is 678 g/mol. The molecule has 3 heterocycles. The molecule has 1 N–H and O–H groups in total. The number of carbonyl (C=O) groups excluding carboxylic acids is 1. The summed E-state index contributed by atoms with van der Waals surface area (Å²) < 4.78 is 75.6. The van der Waals surface area contributed by atoms with Gasteiger partial charge in [0.1, 0.15) is 5.69 Å². The van der Waals surface area contributed by atoms with Gasteiger partial charge in [0.25, 0.3) is 10.0 Å². The summed E-state index contributed by atoms with van der Waals surface area (Å²) in [5, 5.41) is 0.435. The Morgan fingerprint density at radius 1 is 1.06 bits per heavy atom. The SMILES string of the molecule is CN(C)CCCOc1ncc(-c2ccc3ncc4c(c3c2)C2(CCC2)C(=O)N4C)cc1NS(=O)(=O)c1cc(Cl)cc(C(F)(F)F)c1.Cl. The molecule has 1 aliphatic heterocycles. The van der Waals surface area contributed by atoms with Crippen molar-refractivity contribution in [2.24, 2.45) is 0 Å². The predicted octanol–water partition coefficient (Wildman–Crippen LogP) is 6.92. The smallest absolute Gasteiger partial charge is 0.416 e. The summed E-state index contributed by atoms with van der Waals surface area (Å²) in [5.74, 6) is 0.0189. The number of anilines is 2. The first kappa shape index (κ1) is 34.7. The summed E-state index contributed by atoms with van der Waals surface area (Å²) >= 11 is 5.89. The number of likely N-dealkylation sites (N-methyl/N-ethyl adjacent to an activating group) is 1. The highest BCUT2D eigenvalue weighted by Gasteiger charge is 2.54. The normalized spacial score (nSPS) is 15.5. The van der Waals surface area contributed by atoms with Gasteiger partial charge in [0.05, 0.1) is 39.9 Å². The van der Waals surface area contributed by atoms with Gasteiger partial charge in [0, 0.05) is 41.3 Å². The zero-order chi connectivity index (χ0) is 33.0. The van der Waals surface area contributed by atoms with Gasteiger partial charge in [-0.15, -0.1) is 12.4 Å². The minimum absolute atomic E-state index is 0. The molecule has 0 atom stereocenters. The van der Waals surface area contributed by atoms with Crippen molar-refractivity contribution in [2.75, 3.05) is 43.9 Å². The topological polar surface area (TPSA) is 105 Å². The van der Waals surface area contributed by atoms with Gasteiger partial charge in [-0.25, -0.2) is 13.4 Å². The number of ether oxygens (including phenoxy) is 1. The van der Waals surface area contributed by atoms with Crippen molar-refractivity contribution >= 4 is 62.2 Å². The lowest BCUT2D eigenvalue weighted by Gasteiger charge is -2.37. The van der Waals surface area contributed by atoms with Crippen molar-refractivity contribution in [3.8, 4) is 17.0 Å². The second-order valence-corrected chi connectivity index (χ2v) is 14.0. The minimum Gasteiger partial charge on any atom is -0.476 e. The number of pyridine rings is 2. The van der Waals surface area contributed by atoms with Crippen LogP contribution >= 0.6 is 24.0 Å². The molecule has 1 saturated carbocycles. The van der Waals surface area contributed by atoms with E-state index < -0.39 is 32.1 Å². The van der Waals surface area contributed by atoms with Crippen LogP contribution in [0.25, 0.3) is 22.0 Å². The number of hydrogen-bond acceptors (Lipinski definition) is 7. The Kier molecular flexibility index (Phi) is 9.41. The highest BCUT2D eigenvalue weighted by Crippen LogP contribution is 2.55. The van der Waals surface area contributed by atoms with E-state index in [1.54, 1.807) is 18.1 Å². The lowest BCUT2D eigenvalue weighted by Crippen LogP contribution is -2.43. The first-order valence-corrected chi connectivity index (χ1v) is 16.5. The standard InChI is InChI=1S/C32H31ClF3N5O4S.ClH/c1-40(2)10-5-11-45-29-26(39-46(43,44)23-15-21(32(34,35)36)14-22(33)16-23)13-20(17-38-29)19-6-7-25-24(12-19)28-27(18-37-25)41(3)30(42)31(28)8-4-9-31;/h6-7,12-18,39H,4-5,8-11H2,1-3H3;1H. The number of sulfonamides is 1. The van der Waals surface area contributed by atoms with Crippen LogP contribution in [-0.2, 0) is 26.4 Å². The van der Waals surface area contributed by atoms with Crippen molar-refractivity contribution < 1.29 is 31.1 Å². The molecular formula is C32H32Cl2F3N5O4S. The number of amides is 1. The average Bonchev–Trinajstić information content (AvgIpc) is 3.21. The van der Waals surface area contributed by atoms with E-state index in [2.05, 4.69) is 14.7 Å². The molecule has 2 aromatic heterocycles. The fourth-order valence-corrected chi connectivity index (χ4v) is 7.50. The Bertz CT molecular complexity index is 1970. The van der Waals surface area contributed by atoms with Crippen molar-refractivity contribution in [2.45, 2.75) is 42.2 Å². The van der Waals surface area contributed by atoms with E-state index in [-0.39, 0.29) is 41.5 Å². The van der Waals surface area contributed by atoms with E-state index in [1.807, 2.05) is 37.2 Å². The summed E-state index contributed by atoms with van der Waals surface area (Å²) in [6.07, 6.45) is 1.51. The number of benzene rings is 2. The molecule has 15 heteroatoms. The van der Waals surface area contributed by atoms with Gasteiger partial charge in [0.15, 0.2) is 0 Å². The number of carbonyl (C=O) groups is 1. The maximum atomic E-state index is 13.5. The van der Waals surface area contributed by atoms with Gasteiger partial charge in [-0.2, -0.15) is 13.2 Å². The Hall–Kier alpha value is -3.65. The monoisotopic (exact) mass is 709 g/mol. The van der Waals surface area contributed by atoms with Gasteiger partial charge < -0.3 is 14.5 Å². The molecule has 1 spiro atoms. The van der Waals surface area contributed by atoms with Crippen molar-refractivity contribution in [1.82, 2.24) is 14.9 Å². The third-order valence-electron chi connectivity index (χ3n) is 8.54. The number of nitrogens with zero attached hydrogens (tertiary/aromatic N) is 4. The summed E-state index contributed by atoms with van der Waals surface area (Å²) in [7, 11) is 0.996. The van der Waals surface area contributed by atoms with Crippen LogP contribution in [0.2, 0.25) is 5.02 Å². The summed E-state index contributed by atoms with van der Waals surface area (Å²) in [6.45, 7) is 0.919. The molecule has 0 unspecified atom stereocenters. The maximum Gasteiger partial charge on any atom is 0.416 e. The number of halogens is 5. The molecule has 1 aliphatic carbocycles. The molecule has 47 heavy (non-hydrogen) atoms. The van der Waals surface area contributed by atoms with E-state index in [1.165, 1.54) is 12.3 Å². The molecule has 1 fully saturated rings. The number of fused-ring (bicyclic) bond motifs is 4. The number of nitrogens with one attached hydrogen (secondary N) is 1. The fourth-order valence-electron chi connectivity index (χ4n) is 6.08. The first-order valence-electron chi connectivity index (χ1n) is 14.6. The van der Waals surface area contributed by atoms with Gasteiger partial charge >= 0.3 is 6.18 Å². The van der Waals surface area contributed by atoms with Crippen LogP contribution in [0, 0.1) is 0 Å². The molecule has 1 amide bonds. The second kappa shape index (κ2) is 12.8. The molecule has 0 radical (unpaired) electrons. The van der Waals surface area contributed by atoms with E-state index in [0.717, 1.165) is 42.0 Å². The molecule has 0 saturated heterocycles. The van der Waals surface area contributed by atoms with Crippen LogP contribution in [0.4, 0.5) is 24.5 Å². The Morgan fingerprint density at radius 3 is 2.47 bits per heavy atom. The summed E-state index contributed by atoms with van der Waals surface area (Å²) in [6, 6.07) is 9.21. The van der Waals surface area contributed by atoms with Crippen molar-refractivity contribution in [3.05, 3.63) is 71.0 Å². The average molecular weight is 711 g/mol. The lowest BCUT2D eigenvalue weighted by molar-refractivity contribution is -0.137. The van der Waals surface area contributed by atoms with E-state index in [4.69, 9.17) is 16.3 Å². The Balaban J connectivity index is 0.00000433. The molecule has 9 nitrogen and oxygen atoms in total. The van der Waals surface area contributed by atoms with Gasteiger partial charge in [-0.1, -0.05) is 24.1 Å². The molecule has 0 bridgehead atoms. The lowest BCUT2D eigenvalue weighted by atomic mass is 9.64. The largest absolute Gasteiger partial charge is 0.476 e. The minimum atomic E-state index is -4.81. The highest BCUT2D eigenvalue weighted by molar-refractivity contribution is 7.92. The fraction of sp³-hybridized carbons (Fsp3) is 0.344. The summed E-state index contributed by atoms with van der Waals surface area (Å²) in [4.78, 5) is 25.2. The number of hydrogen-bond donors (Lipinski definition) is 1. The van der Waals surface area contributed by atoms with Crippen LogP contribution < -0.4 is 14.4 Å². The van der Waals surface area contributed by atoms with E-state index in [9.17, 15) is 26.4 Å². The second-order valence-electron chi connectivity index (χ2n) is 11.9. The van der Waals surface area contributed by atoms with Gasteiger partial charge in [-0.3, -0.25) is 14.5 Å². The van der Waals surface area contributed by atoms with Crippen LogP contribution in [0.1, 0.15) is 36.8 Å². The predicted molar refractivity (Wildman–Crippen MR) is 177 cm³/mol. The molecule has 250 valence electrons. The highest BCUT2D eigenvalue weighted by atomic mass is 35.5. The number of aromatic nitrogens is 2. The van der Waals surface area contributed by atoms with E-state index in [0.29, 0.717) is 41.7 Å². The molecule has 6 rings (SSSR count). The van der Waals surface area contributed by atoms with Crippen LogP contribution in [0.15, 0.2) is 59.8 Å². The quantitative estimate of drug-likeness (QED) is 0.188. The number of rotatable bonds is 9. The zero-order valence-corrected chi connectivity index (χ0v) is 28.1. The first-order chi connectivity index (χ1) is 21.7. The maximum absolute atomic E-state index is 13.5. The van der Waals surface area contributed by atoms with Crippen LogP contribution in [-0.4, -0.2) is 63.5 Å². The van der Waals surface area contributed by atoms with Crippen molar-refractivity contribution in [3.63, 3.8) is 0 Å². The third kappa shape index (κ3) is 6.46. The van der Waals surface area contributed by atoms with Gasteiger partial charge in [0.2, 0.25) is 11.8 Å². The molecule has 2 aliphatic rings. The summed E-state index contributed by atoms with van der Waals surface area (Å²) in [5.41, 5.74) is 1.77. The Morgan fingerprint density at radius 2 is 1.81 bits per heavy atom. The van der Waals surface area contributed by atoms with Gasteiger partial charge in [-0.05, 0) is 75.3 Å². The van der Waals surface area contributed by atoms with Crippen molar-refractivity contribution in [1.29, 1.82) is 0 Å². The molecule has 4 aromatic rings. The Labute approximate surface area is 281 Å². The molecule has 2 aromatic carbocycles. The van der Waals surface area contributed by atoms with Crippen LogP contribution in [0.3, 0.4) is 0 Å². The third-order valence-corrected chi connectivity index (χ3v) is 10.1.